The van der Waals surface area contributed by atoms with Crippen molar-refractivity contribution in [3.8, 4) is 0 Å². The minimum absolute atomic E-state index is 0.0572. The number of piperazine rings is 1. The van der Waals surface area contributed by atoms with Gasteiger partial charge in [0, 0.05) is 32.2 Å². The van der Waals surface area contributed by atoms with Crippen LogP contribution in [-0.4, -0.2) is 55.0 Å². The fraction of sp³-hybridized carbons (Fsp3) is 0.375. The van der Waals surface area contributed by atoms with E-state index < -0.39 is 37.7 Å². The van der Waals surface area contributed by atoms with E-state index in [4.69, 9.17) is 16.1 Å². The molecule has 13 heteroatoms. The van der Waals surface area contributed by atoms with E-state index in [1.807, 2.05) is 0 Å². The Morgan fingerprint density at radius 2 is 1.86 bits per heavy atom. The van der Waals surface area contributed by atoms with Crippen LogP contribution in [0, 0.1) is 6.92 Å². The summed E-state index contributed by atoms with van der Waals surface area (Å²) in [7, 11) is -4.18. The minimum atomic E-state index is -4.78. The molecule has 2 heterocycles. The first kappa shape index (κ1) is 21.4. The molecule has 1 saturated heterocycles. The van der Waals surface area contributed by atoms with Crippen molar-refractivity contribution in [1.82, 2.24) is 14.4 Å². The molecular weight excluding hydrogens is 437 g/mol. The molecular formula is C16H16ClF3N4O4S. The molecule has 0 aliphatic carbocycles. The fourth-order valence-electron chi connectivity index (χ4n) is 2.78. The number of aromatic nitrogens is 1. The van der Waals surface area contributed by atoms with Crippen molar-refractivity contribution >= 4 is 33.5 Å². The first-order valence-electron chi connectivity index (χ1n) is 8.34. The second kappa shape index (κ2) is 7.84. The van der Waals surface area contributed by atoms with Gasteiger partial charge in [-0.25, -0.2) is 13.2 Å². The molecule has 1 fully saturated rings. The van der Waals surface area contributed by atoms with E-state index in [0.717, 1.165) is 16.4 Å². The number of alkyl halides is 3. The molecule has 1 aromatic heterocycles. The van der Waals surface area contributed by atoms with Gasteiger partial charge in [-0.15, -0.1) is 0 Å². The number of halogens is 4. The van der Waals surface area contributed by atoms with Crippen molar-refractivity contribution in [2.45, 2.75) is 18.0 Å². The van der Waals surface area contributed by atoms with Gasteiger partial charge in [-0.2, -0.15) is 17.5 Å². The number of sulfonamides is 1. The zero-order valence-corrected chi connectivity index (χ0v) is 16.6. The second-order valence-corrected chi connectivity index (χ2v) is 8.63. The third-order valence-corrected chi connectivity index (χ3v) is 6.49. The summed E-state index contributed by atoms with van der Waals surface area (Å²) in [5.41, 5.74) is -1.22. The molecule has 0 unspecified atom stereocenters. The average Bonchev–Trinajstić information content (AvgIpc) is 3.05. The average molecular weight is 453 g/mol. The maximum absolute atomic E-state index is 13.0. The Bertz CT molecular complexity index is 1020. The molecule has 3 rings (SSSR count). The van der Waals surface area contributed by atoms with E-state index >= 15 is 0 Å². The second-order valence-electron chi connectivity index (χ2n) is 6.28. The summed E-state index contributed by atoms with van der Waals surface area (Å²) < 4.78 is 70.4. The van der Waals surface area contributed by atoms with Crippen LogP contribution in [0.5, 0.6) is 0 Å². The zero-order valence-electron chi connectivity index (χ0n) is 15.0. The van der Waals surface area contributed by atoms with Gasteiger partial charge in [0.05, 0.1) is 15.5 Å². The highest BCUT2D eigenvalue weighted by molar-refractivity contribution is 7.89. The Morgan fingerprint density at radius 3 is 2.41 bits per heavy atom. The van der Waals surface area contributed by atoms with Crippen LogP contribution in [0.1, 0.15) is 11.3 Å². The highest BCUT2D eigenvalue weighted by Gasteiger charge is 2.36. The number of hydrogen-bond donors (Lipinski definition) is 1. The van der Waals surface area contributed by atoms with Crippen molar-refractivity contribution in [2.75, 3.05) is 31.5 Å². The van der Waals surface area contributed by atoms with E-state index in [9.17, 15) is 26.4 Å². The van der Waals surface area contributed by atoms with Crippen molar-refractivity contribution in [3.05, 3.63) is 40.6 Å². The molecule has 1 aromatic carbocycles. The highest BCUT2D eigenvalue weighted by atomic mass is 35.5. The standard InChI is InChI=1S/C16H16ClF3N4O4S/c1-10-8-14(22-28-10)21-15(25)23-4-6-24(7-5-23)29(26,27)11-2-3-13(17)12(9-11)16(18,19)20/h2-3,8-9H,4-7H2,1H3,(H,21,22,25). The Hall–Kier alpha value is -2.31. The lowest BCUT2D eigenvalue weighted by Crippen LogP contribution is -2.51. The fourth-order valence-corrected chi connectivity index (χ4v) is 4.45. The molecule has 0 saturated carbocycles. The lowest BCUT2D eigenvalue weighted by Gasteiger charge is -2.33. The van der Waals surface area contributed by atoms with E-state index in [2.05, 4.69) is 10.5 Å². The monoisotopic (exact) mass is 452 g/mol. The number of amides is 2. The van der Waals surface area contributed by atoms with Crippen molar-refractivity contribution in [3.63, 3.8) is 0 Å². The maximum atomic E-state index is 13.0. The Kier molecular flexibility index (Phi) is 5.79. The van der Waals surface area contributed by atoms with Gasteiger partial charge in [0.25, 0.3) is 0 Å². The molecule has 29 heavy (non-hydrogen) atoms. The summed E-state index contributed by atoms with van der Waals surface area (Å²) in [5.74, 6) is 0.737. The van der Waals surface area contributed by atoms with Crippen molar-refractivity contribution in [2.24, 2.45) is 0 Å². The molecule has 8 nitrogen and oxygen atoms in total. The molecule has 0 atom stereocenters. The maximum Gasteiger partial charge on any atom is 0.417 e. The summed E-state index contributed by atoms with van der Waals surface area (Å²) >= 11 is 5.55. The molecule has 0 spiro atoms. The van der Waals surface area contributed by atoms with Gasteiger partial charge in [-0.05, 0) is 25.1 Å². The summed E-state index contributed by atoms with van der Waals surface area (Å²) in [4.78, 5) is 13.1. The Morgan fingerprint density at radius 1 is 1.21 bits per heavy atom. The minimum Gasteiger partial charge on any atom is -0.360 e. The van der Waals surface area contributed by atoms with Crippen molar-refractivity contribution < 1.29 is 30.9 Å². The molecule has 1 aliphatic heterocycles. The largest absolute Gasteiger partial charge is 0.417 e. The van der Waals surface area contributed by atoms with Gasteiger partial charge >= 0.3 is 12.2 Å². The van der Waals surface area contributed by atoms with Crippen LogP contribution in [0.4, 0.5) is 23.8 Å². The number of nitrogens with zero attached hydrogens (tertiary/aromatic N) is 3. The van der Waals surface area contributed by atoms with E-state index in [1.165, 1.54) is 11.0 Å². The Balaban J connectivity index is 1.69. The lowest BCUT2D eigenvalue weighted by molar-refractivity contribution is -0.137. The van der Waals surface area contributed by atoms with Crippen LogP contribution in [0.25, 0.3) is 0 Å². The molecule has 1 N–H and O–H groups in total. The predicted octanol–water partition coefficient (Wildman–Crippen LogP) is 3.19. The van der Waals surface area contributed by atoms with Crippen LogP contribution in [0.3, 0.4) is 0 Å². The molecule has 1 aliphatic rings. The molecule has 0 bridgehead atoms. The first-order chi connectivity index (χ1) is 13.5. The molecule has 2 aromatic rings. The van der Waals surface area contributed by atoms with Crippen LogP contribution >= 0.6 is 11.6 Å². The van der Waals surface area contributed by atoms with Gasteiger partial charge in [-0.1, -0.05) is 16.8 Å². The number of carbonyl (C=O) groups is 1. The summed E-state index contributed by atoms with van der Waals surface area (Å²) in [6, 6.07) is 3.49. The van der Waals surface area contributed by atoms with Crippen molar-refractivity contribution in [1.29, 1.82) is 0 Å². The molecule has 2 amide bonds. The SMILES string of the molecule is Cc1cc(NC(=O)N2CCN(S(=O)(=O)c3ccc(Cl)c(C(F)(F)F)c3)CC2)no1. The third-order valence-electron chi connectivity index (χ3n) is 4.27. The van der Waals surface area contributed by atoms with Gasteiger partial charge in [0.2, 0.25) is 10.0 Å². The smallest absolute Gasteiger partial charge is 0.360 e. The number of hydrogen-bond acceptors (Lipinski definition) is 5. The number of anilines is 1. The topological polar surface area (TPSA) is 95.8 Å². The lowest BCUT2D eigenvalue weighted by atomic mass is 10.2. The van der Waals surface area contributed by atoms with E-state index in [-0.39, 0.29) is 32.0 Å². The normalized spacial score (nSPS) is 16.1. The van der Waals surface area contributed by atoms with Gasteiger partial charge in [-0.3, -0.25) is 5.32 Å². The number of carbonyl (C=O) groups excluding carboxylic acids is 1. The van der Waals surface area contributed by atoms with Crippen LogP contribution < -0.4 is 5.32 Å². The van der Waals surface area contributed by atoms with Gasteiger partial charge in [0.15, 0.2) is 5.82 Å². The number of rotatable bonds is 3. The quantitative estimate of drug-likeness (QED) is 0.771. The predicted molar refractivity (Wildman–Crippen MR) is 97.0 cm³/mol. The summed E-state index contributed by atoms with van der Waals surface area (Å²) in [6.07, 6.45) is -4.78. The van der Waals surface area contributed by atoms with Gasteiger partial charge in [0.1, 0.15) is 5.76 Å². The molecule has 158 valence electrons. The number of urea groups is 1. The Labute approximate surface area is 169 Å². The molecule has 0 radical (unpaired) electrons. The third kappa shape index (κ3) is 4.65. The number of benzene rings is 1. The van der Waals surface area contributed by atoms with Gasteiger partial charge < -0.3 is 9.42 Å². The van der Waals surface area contributed by atoms with Crippen LogP contribution in [-0.2, 0) is 16.2 Å². The van der Waals surface area contributed by atoms with Crippen LogP contribution in [0.15, 0.2) is 33.7 Å². The number of aryl methyl sites for hydroxylation is 1. The highest BCUT2D eigenvalue weighted by Crippen LogP contribution is 2.36. The van der Waals surface area contributed by atoms with E-state index in [0.29, 0.717) is 11.8 Å². The zero-order chi connectivity index (χ0) is 21.4. The first-order valence-corrected chi connectivity index (χ1v) is 10.2. The summed E-state index contributed by atoms with van der Waals surface area (Å²) in [6.45, 7) is 1.63. The van der Waals surface area contributed by atoms with Crippen LogP contribution in [0.2, 0.25) is 5.02 Å². The summed E-state index contributed by atoms with van der Waals surface area (Å²) in [5, 5.41) is 5.58. The van der Waals surface area contributed by atoms with E-state index in [1.54, 1.807) is 6.92 Å². The number of nitrogens with one attached hydrogen (secondary N) is 1.